The molecule has 1 aromatic rings. The van der Waals surface area contributed by atoms with Crippen molar-refractivity contribution in [2.24, 2.45) is 5.92 Å². The Bertz CT molecular complexity index is 561. The van der Waals surface area contributed by atoms with Gasteiger partial charge in [0.1, 0.15) is 0 Å². The van der Waals surface area contributed by atoms with Gasteiger partial charge >= 0.3 is 6.03 Å². The number of nitrogens with one attached hydrogen (secondary N) is 1. The van der Waals surface area contributed by atoms with Gasteiger partial charge in [-0.25, -0.2) is 4.79 Å². The second-order valence-electron chi connectivity index (χ2n) is 6.32. The normalized spacial score (nSPS) is 21.6. The summed E-state index contributed by atoms with van der Waals surface area (Å²) >= 11 is 6.12. The highest BCUT2D eigenvalue weighted by atomic mass is 35.5. The Morgan fingerprint density at radius 2 is 2.13 bits per heavy atom. The number of carbonyl (C=O) groups excluding carboxylic acids is 1. The Kier molecular flexibility index (Phi) is 5.28. The number of morpholine rings is 1. The van der Waals surface area contributed by atoms with Gasteiger partial charge in [0.2, 0.25) is 0 Å². The summed E-state index contributed by atoms with van der Waals surface area (Å²) in [6.45, 7) is 7.46. The Labute approximate surface area is 142 Å². The monoisotopic (exact) mass is 337 g/mol. The number of anilines is 1. The first-order valence-electron chi connectivity index (χ1n) is 8.25. The minimum Gasteiger partial charge on any atom is -0.378 e. The standard InChI is InChI=1S/C17H24ClN3O2/c1-13-2-3-15(18)10-16(13)21-5-4-14(12-21)11-19-17(22)20-6-8-23-9-7-20/h2-3,10,14H,4-9,11-12H2,1H3,(H,19,22). The predicted molar refractivity (Wildman–Crippen MR) is 92.3 cm³/mol. The summed E-state index contributed by atoms with van der Waals surface area (Å²) in [5, 5.41) is 3.84. The van der Waals surface area contributed by atoms with E-state index >= 15 is 0 Å². The lowest BCUT2D eigenvalue weighted by Crippen LogP contribution is -2.47. The predicted octanol–water partition coefficient (Wildman–Crippen LogP) is 2.52. The fourth-order valence-corrected chi connectivity index (χ4v) is 3.42. The molecule has 0 radical (unpaired) electrons. The summed E-state index contributed by atoms with van der Waals surface area (Å²) in [6.07, 6.45) is 1.09. The van der Waals surface area contributed by atoms with Crippen LogP contribution >= 0.6 is 11.6 Å². The van der Waals surface area contributed by atoms with Crippen molar-refractivity contribution in [1.29, 1.82) is 0 Å². The van der Waals surface area contributed by atoms with E-state index in [2.05, 4.69) is 23.2 Å². The molecule has 1 atom stereocenters. The van der Waals surface area contributed by atoms with Gasteiger partial charge in [-0.3, -0.25) is 0 Å². The summed E-state index contributed by atoms with van der Waals surface area (Å²) in [7, 11) is 0. The molecule has 6 heteroatoms. The fourth-order valence-electron chi connectivity index (χ4n) is 3.25. The molecule has 5 nitrogen and oxygen atoms in total. The molecule has 2 aliphatic heterocycles. The van der Waals surface area contributed by atoms with Crippen LogP contribution in [-0.2, 0) is 4.74 Å². The number of hydrogen-bond donors (Lipinski definition) is 1. The Balaban J connectivity index is 1.50. The third kappa shape index (κ3) is 4.09. The SMILES string of the molecule is Cc1ccc(Cl)cc1N1CCC(CNC(=O)N2CCOCC2)C1. The van der Waals surface area contributed by atoms with Gasteiger partial charge in [-0.05, 0) is 37.0 Å². The van der Waals surface area contributed by atoms with Crippen LogP contribution in [-0.4, -0.2) is 56.9 Å². The van der Waals surface area contributed by atoms with Crippen molar-refractivity contribution >= 4 is 23.3 Å². The van der Waals surface area contributed by atoms with Crippen LogP contribution in [0.4, 0.5) is 10.5 Å². The van der Waals surface area contributed by atoms with Gasteiger partial charge in [-0.2, -0.15) is 0 Å². The van der Waals surface area contributed by atoms with Crippen LogP contribution in [0.5, 0.6) is 0 Å². The smallest absolute Gasteiger partial charge is 0.317 e. The zero-order valence-electron chi connectivity index (χ0n) is 13.6. The molecule has 0 bridgehead atoms. The molecule has 3 rings (SSSR count). The number of rotatable bonds is 3. The van der Waals surface area contributed by atoms with Crippen molar-refractivity contribution in [1.82, 2.24) is 10.2 Å². The van der Waals surface area contributed by atoms with Gasteiger partial charge in [0.15, 0.2) is 0 Å². The third-order valence-electron chi connectivity index (χ3n) is 4.64. The van der Waals surface area contributed by atoms with E-state index in [-0.39, 0.29) is 6.03 Å². The molecule has 1 unspecified atom stereocenters. The molecular weight excluding hydrogens is 314 g/mol. The zero-order valence-corrected chi connectivity index (χ0v) is 14.3. The van der Waals surface area contributed by atoms with Gasteiger partial charge in [0.25, 0.3) is 0 Å². The molecular formula is C17H24ClN3O2. The molecule has 1 aromatic carbocycles. The molecule has 126 valence electrons. The molecule has 0 aromatic heterocycles. The molecule has 2 aliphatic rings. The van der Waals surface area contributed by atoms with Crippen molar-refractivity contribution in [2.45, 2.75) is 13.3 Å². The average Bonchev–Trinajstić information content (AvgIpc) is 3.04. The first-order chi connectivity index (χ1) is 11.1. The van der Waals surface area contributed by atoms with Gasteiger partial charge < -0.3 is 19.9 Å². The van der Waals surface area contributed by atoms with Crippen molar-refractivity contribution in [3.63, 3.8) is 0 Å². The maximum atomic E-state index is 12.1. The number of nitrogens with zero attached hydrogens (tertiary/aromatic N) is 2. The minimum atomic E-state index is 0.0330. The van der Waals surface area contributed by atoms with Gasteiger partial charge in [-0.15, -0.1) is 0 Å². The number of aryl methyl sites for hydroxylation is 1. The van der Waals surface area contributed by atoms with Crippen molar-refractivity contribution < 1.29 is 9.53 Å². The summed E-state index contributed by atoms with van der Waals surface area (Å²) < 4.78 is 5.27. The molecule has 0 spiro atoms. The highest BCUT2D eigenvalue weighted by Crippen LogP contribution is 2.29. The lowest BCUT2D eigenvalue weighted by molar-refractivity contribution is 0.0530. The van der Waals surface area contributed by atoms with E-state index in [0.717, 1.165) is 31.1 Å². The van der Waals surface area contributed by atoms with Gasteiger partial charge in [0.05, 0.1) is 13.2 Å². The molecule has 2 amide bonds. The van der Waals surface area contributed by atoms with E-state index in [1.807, 2.05) is 17.0 Å². The molecule has 1 N–H and O–H groups in total. The first kappa shape index (κ1) is 16.4. The highest BCUT2D eigenvalue weighted by molar-refractivity contribution is 6.30. The summed E-state index contributed by atoms with van der Waals surface area (Å²) in [4.78, 5) is 16.3. The molecule has 2 fully saturated rings. The van der Waals surface area contributed by atoms with Crippen molar-refractivity contribution in [3.05, 3.63) is 28.8 Å². The van der Waals surface area contributed by atoms with E-state index in [4.69, 9.17) is 16.3 Å². The van der Waals surface area contributed by atoms with Crippen LogP contribution in [0.1, 0.15) is 12.0 Å². The van der Waals surface area contributed by atoms with Gasteiger partial charge in [-0.1, -0.05) is 17.7 Å². The van der Waals surface area contributed by atoms with E-state index in [9.17, 15) is 4.79 Å². The Morgan fingerprint density at radius 1 is 1.35 bits per heavy atom. The zero-order chi connectivity index (χ0) is 16.2. The summed E-state index contributed by atoms with van der Waals surface area (Å²) in [6, 6.07) is 6.05. The third-order valence-corrected chi connectivity index (χ3v) is 4.87. The average molecular weight is 338 g/mol. The van der Waals surface area contributed by atoms with Crippen molar-refractivity contribution in [2.75, 3.05) is 50.8 Å². The van der Waals surface area contributed by atoms with Crippen LogP contribution in [0.15, 0.2) is 18.2 Å². The number of urea groups is 1. The minimum absolute atomic E-state index is 0.0330. The second kappa shape index (κ2) is 7.41. The molecule has 2 saturated heterocycles. The van der Waals surface area contributed by atoms with Crippen LogP contribution in [0, 0.1) is 12.8 Å². The van der Waals surface area contributed by atoms with Crippen LogP contribution in [0.25, 0.3) is 0 Å². The first-order valence-corrected chi connectivity index (χ1v) is 8.63. The maximum absolute atomic E-state index is 12.1. The fraction of sp³-hybridized carbons (Fsp3) is 0.588. The lowest BCUT2D eigenvalue weighted by Gasteiger charge is -2.27. The molecule has 23 heavy (non-hydrogen) atoms. The largest absolute Gasteiger partial charge is 0.378 e. The molecule has 0 saturated carbocycles. The van der Waals surface area contributed by atoms with Crippen LogP contribution in [0.2, 0.25) is 5.02 Å². The van der Waals surface area contributed by atoms with E-state index in [1.165, 1.54) is 11.3 Å². The number of ether oxygens (including phenoxy) is 1. The lowest BCUT2D eigenvalue weighted by atomic mass is 10.1. The number of halogens is 1. The number of hydrogen-bond acceptors (Lipinski definition) is 3. The number of benzene rings is 1. The molecule has 0 aliphatic carbocycles. The van der Waals surface area contributed by atoms with E-state index < -0.39 is 0 Å². The Morgan fingerprint density at radius 3 is 2.91 bits per heavy atom. The number of amides is 2. The quantitative estimate of drug-likeness (QED) is 0.921. The van der Waals surface area contributed by atoms with Crippen LogP contribution < -0.4 is 10.2 Å². The number of carbonyl (C=O) groups is 1. The summed E-state index contributed by atoms with van der Waals surface area (Å²) in [5.41, 5.74) is 2.45. The van der Waals surface area contributed by atoms with Gasteiger partial charge in [0, 0.05) is 43.4 Å². The summed E-state index contributed by atoms with van der Waals surface area (Å²) in [5.74, 6) is 0.485. The van der Waals surface area contributed by atoms with E-state index in [1.54, 1.807) is 0 Å². The Hall–Kier alpha value is -1.46. The topological polar surface area (TPSA) is 44.8 Å². The second-order valence-corrected chi connectivity index (χ2v) is 6.75. The van der Waals surface area contributed by atoms with E-state index in [0.29, 0.717) is 32.2 Å². The molecule has 2 heterocycles. The van der Waals surface area contributed by atoms with Crippen molar-refractivity contribution in [3.8, 4) is 0 Å². The van der Waals surface area contributed by atoms with Crippen LogP contribution in [0.3, 0.4) is 0 Å². The maximum Gasteiger partial charge on any atom is 0.317 e. The highest BCUT2D eigenvalue weighted by Gasteiger charge is 2.25.